The summed E-state index contributed by atoms with van der Waals surface area (Å²) >= 11 is 5.88. The van der Waals surface area contributed by atoms with E-state index in [1.807, 2.05) is 24.3 Å². The summed E-state index contributed by atoms with van der Waals surface area (Å²) < 4.78 is 5.58. The highest BCUT2D eigenvalue weighted by molar-refractivity contribution is 6.30. The summed E-state index contributed by atoms with van der Waals surface area (Å²) in [5.74, 6) is 0.564. The van der Waals surface area contributed by atoms with Gasteiger partial charge in [0.05, 0.1) is 17.3 Å². The zero-order valence-corrected chi connectivity index (χ0v) is 10.3. The van der Waals surface area contributed by atoms with Gasteiger partial charge in [0.25, 0.3) is 0 Å². The molecule has 0 saturated carbocycles. The molecular weight excluding hydrogens is 248 g/mol. The first kappa shape index (κ1) is 12.3. The molecule has 2 N–H and O–H groups in total. The number of nitriles is 1. The molecule has 0 aromatic heterocycles. The van der Waals surface area contributed by atoms with E-state index in [0.717, 1.165) is 5.56 Å². The lowest BCUT2D eigenvalue weighted by atomic mass is 10.2. The van der Waals surface area contributed by atoms with Gasteiger partial charge in [-0.2, -0.15) is 5.26 Å². The maximum absolute atomic E-state index is 8.73. The van der Waals surface area contributed by atoms with E-state index < -0.39 is 0 Å². The normalized spacial score (nSPS) is 9.78. The zero-order chi connectivity index (χ0) is 13.0. The summed E-state index contributed by atoms with van der Waals surface area (Å²) in [6.07, 6.45) is 0. The van der Waals surface area contributed by atoms with Gasteiger partial charge < -0.3 is 10.5 Å². The minimum Gasteiger partial charge on any atom is -0.487 e. The molecule has 0 bridgehead atoms. The van der Waals surface area contributed by atoms with Crippen LogP contribution in [0.2, 0.25) is 5.02 Å². The van der Waals surface area contributed by atoms with Crippen molar-refractivity contribution >= 4 is 17.3 Å². The molecule has 0 atom stereocenters. The molecule has 18 heavy (non-hydrogen) atoms. The Hall–Kier alpha value is -2.18. The Labute approximate surface area is 110 Å². The number of ether oxygens (including phenoxy) is 1. The Bertz CT molecular complexity index is 605. The Balaban J connectivity index is 2.09. The second-order valence-corrected chi connectivity index (χ2v) is 4.22. The zero-order valence-electron chi connectivity index (χ0n) is 9.56. The molecule has 0 fully saturated rings. The van der Waals surface area contributed by atoms with Crippen LogP contribution in [0.25, 0.3) is 0 Å². The number of hydrogen-bond acceptors (Lipinski definition) is 3. The lowest BCUT2D eigenvalue weighted by Crippen LogP contribution is -1.99. The van der Waals surface area contributed by atoms with Crippen molar-refractivity contribution < 1.29 is 4.74 Å². The van der Waals surface area contributed by atoms with Crippen LogP contribution in [-0.2, 0) is 6.61 Å². The predicted octanol–water partition coefficient (Wildman–Crippen LogP) is 3.37. The first-order valence-electron chi connectivity index (χ1n) is 5.36. The highest BCUT2D eigenvalue weighted by atomic mass is 35.5. The standard InChI is InChI=1S/C14H11ClN2O/c15-12-3-1-2-11(6-12)9-18-14-5-4-10(8-16)7-13(14)17/h1-7H,9,17H2. The van der Waals surface area contributed by atoms with Crippen LogP contribution >= 0.6 is 11.6 Å². The molecule has 0 heterocycles. The van der Waals surface area contributed by atoms with Crippen molar-refractivity contribution in [3.8, 4) is 11.8 Å². The van der Waals surface area contributed by atoms with Crippen LogP contribution in [0.3, 0.4) is 0 Å². The smallest absolute Gasteiger partial charge is 0.142 e. The minimum atomic E-state index is 0.386. The molecule has 2 aromatic rings. The molecule has 0 saturated heterocycles. The van der Waals surface area contributed by atoms with Crippen molar-refractivity contribution in [1.29, 1.82) is 5.26 Å². The maximum Gasteiger partial charge on any atom is 0.142 e. The van der Waals surface area contributed by atoms with E-state index in [1.165, 1.54) is 0 Å². The third kappa shape index (κ3) is 2.93. The number of halogens is 1. The fraction of sp³-hybridized carbons (Fsp3) is 0.0714. The predicted molar refractivity (Wildman–Crippen MR) is 71.4 cm³/mol. The van der Waals surface area contributed by atoms with Gasteiger partial charge in [0.2, 0.25) is 0 Å². The third-order valence-electron chi connectivity index (χ3n) is 2.42. The van der Waals surface area contributed by atoms with E-state index in [2.05, 4.69) is 0 Å². The summed E-state index contributed by atoms with van der Waals surface area (Å²) in [5.41, 5.74) is 7.72. The summed E-state index contributed by atoms with van der Waals surface area (Å²) in [5, 5.41) is 9.40. The molecule has 0 spiro atoms. The fourth-order valence-corrected chi connectivity index (χ4v) is 1.75. The molecule has 0 aliphatic heterocycles. The van der Waals surface area contributed by atoms with Crippen LogP contribution in [0, 0.1) is 11.3 Å². The molecule has 0 aliphatic carbocycles. The largest absolute Gasteiger partial charge is 0.487 e. The number of nitrogen functional groups attached to an aromatic ring is 1. The van der Waals surface area contributed by atoms with Gasteiger partial charge in [-0.25, -0.2) is 0 Å². The van der Waals surface area contributed by atoms with Crippen molar-refractivity contribution in [2.45, 2.75) is 6.61 Å². The number of anilines is 1. The molecular formula is C14H11ClN2O. The van der Waals surface area contributed by atoms with Crippen LogP contribution in [-0.4, -0.2) is 0 Å². The van der Waals surface area contributed by atoms with Crippen LogP contribution in [0.5, 0.6) is 5.75 Å². The van der Waals surface area contributed by atoms with Gasteiger partial charge in [-0.1, -0.05) is 23.7 Å². The quantitative estimate of drug-likeness (QED) is 0.859. The highest BCUT2D eigenvalue weighted by Crippen LogP contribution is 2.23. The van der Waals surface area contributed by atoms with E-state index in [1.54, 1.807) is 24.3 Å². The summed E-state index contributed by atoms with van der Waals surface area (Å²) in [6, 6.07) is 14.4. The van der Waals surface area contributed by atoms with Gasteiger partial charge in [0.1, 0.15) is 12.4 Å². The number of rotatable bonds is 3. The van der Waals surface area contributed by atoms with Gasteiger partial charge in [-0.3, -0.25) is 0 Å². The van der Waals surface area contributed by atoms with Crippen molar-refractivity contribution in [1.82, 2.24) is 0 Å². The molecule has 2 rings (SSSR count). The van der Waals surface area contributed by atoms with Gasteiger partial charge in [-0.15, -0.1) is 0 Å². The van der Waals surface area contributed by atoms with Gasteiger partial charge >= 0.3 is 0 Å². The van der Waals surface area contributed by atoms with Crippen molar-refractivity contribution in [2.75, 3.05) is 5.73 Å². The average molecular weight is 259 g/mol. The minimum absolute atomic E-state index is 0.386. The SMILES string of the molecule is N#Cc1ccc(OCc2cccc(Cl)c2)c(N)c1. The van der Waals surface area contributed by atoms with Gasteiger partial charge in [-0.05, 0) is 35.9 Å². The first-order chi connectivity index (χ1) is 8.69. The van der Waals surface area contributed by atoms with Crippen molar-refractivity contribution in [3.05, 3.63) is 58.6 Å². The Morgan fingerprint density at radius 3 is 2.72 bits per heavy atom. The lowest BCUT2D eigenvalue weighted by molar-refractivity contribution is 0.308. The van der Waals surface area contributed by atoms with E-state index in [9.17, 15) is 0 Å². The molecule has 0 aliphatic rings. The molecule has 0 radical (unpaired) electrons. The van der Waals surface area contributed by atoms with E-state index in [-0.39, 0.29) is 0 Å². The number of nitrogens with two attached hydrogens (primary N) is 1. The summed E-state index contributed by atoms with van der Waals surface area (Å²) in [7, 11) is 0. The monoisotopic (exact) mass is 258 g/mol. The van der Waals surface area contributed by atoms with E-state index in [4.69, 9.17) is 27.3 Å². The third-order valence-corrected chi connectivity index (χ3v) is 2.66. The maximum atomic E-state index is 8.73. The van der Waals surface area contributed by atoms with E-state index >= 15 is 0 Å². The van der Waals surface area contributed by atoms with Crippen LogP contribution in [0.15, 0.2) is 42.5 Å². The number of nitrogens with zero attached hydrogens (tertiary/aromatic N) is 1. The Kier molecular flexibility index (Phi) is 3.71. The molecule has 0 amide bonds. The van der Waals surface area contributed by atoms with Gasteiger partial charge in [0, 0.05) is 5.02 Å². The highest BCUT2D eigenvalue weighted by Gasteiger charge is 2.02. The van der Waals surface area contributed by atoms with Crippen molar-refractivity contribution in [2.24, 2.45) is 0 Å². The number of hydrogen-bond donors (Lipinski definition) is 1. The van der Waals surface area contributed by atoms with Crippen LogP contribution in [0.4, 0.5) is 5.69 Å². The fourth-order valence-electron chi connectivity index (χ4n) is 1.54. The van der Waals surface area contributed by atoms with Crippen molar-refractivity contribution in [3.63, 3.8) is 0 Å². The second-order valence-electron chi connectivity index (χ2n) is 3.78. The topological polar surface area (TPSA) is 59.0 Å². The second kappa shape index (κ2) is 5.44. The molecule has 0 unspecified atom stereocenters. The summed E-state index contributed by atoms with van der Waals surface area (Å²) in [6.45, 7) is 0.386. The Morgan fingerprint density at radius 1 is 1.22 bits per heavy atom. The molecule has 2 aromatic carbocycles. The van der Waals surface area contributed by atoms with Gasteiger partial charge in [0.15, 0.2) is 0 Å². The molecule has 3 nitrogen and oxygen atoms in total. The first-order valence-corrected chi connectivity index (χ1v) is 5.73. The average Bonchev–Trinajstić information content (AvgIpc) is 2.37. The van der Waals surface area contributed by atoms with Crippen LogP contribution < -0.4 is 10.5 Å². The summed E-state index contributed by atoms with van der Waals surface area (Å²) in [4.78, 5) is 0. The Morgan fingerprint density at radius 2 is 2.06 bits per heavy atom. The molecule has 90 valence electrons. The lowest BCUT2D eigenvalue weighted by Gasteiger charge is -2.09. The number of benzene rings is 2. The van der Waals surface area contributed by atoms with E-state index in [0.29, 0.717) is 28.6 Å². The molecule has 4 heteroatoms. The van der Waals surface area contributed by atoms with Crippen LogP contribution in [0.1, 0.15) is 11.1 Å².